The van der Waals surface area contributed by atoms with Gasteiger partial charge in [0.25, 0.3) is 0 Å². The van der Waals surface area contributed by atoms with Crippen molar-refractivity contribution in [1.29, 1.82) is 0 Å². The smallest absolute Gasteiger partial charge is 0.330 e. The fraction of sp³-hybridized carbons (Fsp3) is 0.348. The van der Waals surface area contributed by atoms with E-state index in [1.54, 1.807) is 18.2 Å². The summed E-state index contributed by atoms with van der Waals surface area (Å²) in [6.07, 6.45) is 5.08. The van der Waals surface area contributed by atoms with Crippen LogP contribution in [0, 0.1) is 5.92 Å². The number of phenols is 1. The average Bonchev–Trinajstić information content (AvgIpc) is 2.74. The fourth-order valence-corrected chi connectivity index (χ4v) is 3.50. The Labute approximate surface area is 176 Å². The van der Waals surface area contributed by atoms with E-state index in [4.69, 9.17) is 21.1 Å². The van der Waals surface area contributed by atoms with Crippen LogP contribution in [0.2, 0.25) is 5.02 Å². The van der Waals surface area contributed by atoms with E-state index in [2.05, 4.69) is 17.0 Å². The van der Waals surface area contributed by atoms with Crippen LogP contribution in [0.25, 0.3) is 6.08 Å². The predicted molar refractivity (Wildman–Crippen MR) is 114 cm³/mol. The van der Waals surface area contributed by atoms with Gasteiger partial charge in [-0.05, 0) is 73.3 Å². The predicted octanol–water partition coefficient (Wildman–Crippen LogP) is 4.52. The lowest BCUT2D eigenvalue weighted by Crippen LogP contribution is -2.34. The number of carbonyl (C=O) groups excluding carboxylic acids is 1. The van der Waals surface area contributed by atoms with E-state index in [-0.39, 0.29) is 11.7 Å². The number of piperidine rings is 1. The van der Waals surface area contributed by atoms with E-state index in [1.165, 1.54) is 24.8 Å². The van der Waals surface area contributed by atoms with Crippen molar-refractivity contribution in [1.82, 2.24) is 4.90 Å². The lowest BCUT2D eigenvalue weighted by molar-refractivity contribution is -0.139. The molecule has 1 fully saturated rings. The van der Waals surface area contributed by atoms with Crippen LogP contribution in [-0.4, -0.2) is 42.8 Å². The second kappa shape index (κ2) is 10.3. The molecule has 29 heavy (non-hydrogen) atoms. The monoisotopic (exact) mass is 415 g/mol. The topological polar surface area (TPSA) is 59.0 Å². The number of hydrogen-bond donors (Lipinski definition) is 1. The van der Waals surface area contributed by atoms with E-state index in [1.807, 2.05) is 12.1 Å². The van der Waals surface area contributed by atoms with Gasteiger partial charge >= 0.3 is 5.97 Å². The van der Waals surface area contributed by atoms with E-state index in [9.17, 15) is 9.90 Å². The van der Waals surface area contributed by atoms with Gasteiger partial charge in [0.1, 0.15) is 0 Å². The molecule has 154 valence electrons. The summed E-state index contributed by atoms with van der Waals surface area (Å²) in [5.41, 5.74) is 2.02. The number of ether oxygens (including phenoxy) is 2. The molecule has 1 heterocycles. The summed E-state index contributed by atoms with van der Waals surface area (Å²) in [5.74, 6) is 0.462. The summed E-state index contributed by atoms with van der Waals surface area (Å²) in [5, 5.41) is 10.4. The molecule has 5 nitrogen and oxygen atoms in total. The van der Waals surface area contributed by atoms with E-state index < -0.39 is 0 Å². The molecule has 6 heteroatoms. The van der Waals surface area contributed by atoms with Crippen molar-refractivity contribution in [3.63, 3.8) is 0 Å². The Morgan fingerprint density at radius 3 is 2.62 bits per heavy atom. The Hall–Kier alpha value is -2.50. The molecule has 0 amide bonds. The van der Waals surface area contributed by atoms with Crippen LogP contribution in [0.3, 0.4) is 0 Å². The van der Waals surface area contributed by atoms with Gasteiger partial charge in [0.15, 0.2) is 11.5 Å². The SMILES string of the molecule is COc1cc(/C=C/C(=O)OCC2CCN(Cc3ccc(Cl)cc3)CC2)ccc1O. The molecule has 0 spiro atoms. The van der Waals surface area contributed by atoms with Crippen LogP contribution in [-0.2, 0) is 16.1 Å². The fourth-order valence-electron chi connectivity index (χ4n) is 3.37. The van der Waals surface area contributed by atoms with Crippen LogP contribution >= 0.6 is 11.6 Å². The zero-order chi connectivity index (χ0) is 20.6. The van der Waals surface area contributed by atoms with Gasteiger partial charge in [-0.1, -0.05) is 29.8 Å². The number of rotatable bonds is 7. The summed E-state index contributed by atoms with van der Waals surface area (Å²) in [7, 11) is 1.48. The maximum Gasteiger partial charge on any atom is 0.330 e. The van der Waals surface area contributed by atoms with Gasteiger partial charge in [-0.15, -0.1) is 0 Å². The third kappa shape index (κ3) is 6.51. The number of aromatic hydroxyl groups is 1. The Balaban J connectivity index is 1.39. The van der Waals surface area contributed by atoms with E-state index in [0.29, 0.717) is 18.3 Å². The second-order valence-corrected chi connectivity index (χ2v) is 7.68. The summed E-state index contributed by atoms with van der Waals surface area (Å²) >= 11 is 5.94. The molecule has 0 aliphatic carbocycles. The first-order valence-corrected chi connectivity index (χ1v) is 10.1. The Morgan fingerprint density at radius 2 is 1.93 bits per heavy atom. The van der Waals surface area contributed by atoms with Gasteiger partial charge in [0.05, 0.1) is 13.7 Å². The van der Waals surface area contributed by atoms with Crippen molar-refractivity contribution in [2.24, 2.45) is 5.92 Å². The molecule has 3 rings (SSSR count). The zero-order valence-electron chi connectivity index (χ0n) is 16.5. The minimum atomic E-state index is -0.361. The number of phenolic OH excluding ortho intramolecular Hbond substituents is 1. The van der Waals surface area contributed by atoms with Crippen molar-refractivity contribution in [2.75, 3.05) is 26.8 Å². The molecule has 1 aliphatic rings. The van der Waals surface area contributed by atoms with Gasteiger partial charge in [-0.25, -0.2) is 4.79 Å². The standard InChI is InChI=1S/C23H26ClNO4/c1-28-22-14-17(4-8-21(22)26)5-9-23(27)29-16-19-10-12-25(13-11-19)15-18-2-6-20(24)7-3-18/h2-9,14,19,26H,10-13,15-16H2,1H3/b9-5+. The molecular weight excluding hydrogens is 390 g/mol. The van der Waals surface area contributed by atoms with Crippen molar-refractivity contribution >= 4 is 23.6 Å². The van der Waals surface area contributed by atoms with Gasteiger partial charge in [0, 0.05) is 17.6 Å². The highest BCUT2D eigenvalue weighted by molar-refractivity contribution is 6.30. The van der Waals surface area contributed by atoms with Gasteiger partial charge in [0.2, 0.25) is 0 Å². The van der Waals surface area contributed by atoms with Crippen LogP contribution in [0.4, 0.5) is 0 Å². The minimum absolute atomic E-state index is 0.0645. The molecule has 1 saturated heterocycles. The molecule has 0 unspecified atom stereocenters. The minimum Gasteiger partial charge on any atom is -0.504 e. The third-order valence-electron chi connectivity index (χ3n) is 5.10. The largest absolute Gasteiger partial charge is 0.504 e. The molecule has 2 aromatic carbocycles. The molecular formula is C23H26ClNO4. The molecule has 1 N–H and O–H groups in total. The lowest BCUT2D eigenvalue weighted by atomic mass is 9.97. The highest BCUT2D eigenvalue weighted by atomic mass is 35.5. The van der Waals surface area contributed by atoms with E-state index in [0.717, 1.165) is 43.1 Å². The number of hydrogen-bond acceptors (Lipinski definition) is 5. The number of benzene rings is 2. The number of halogens is 1. The second-order valence-electron chi connectivity index (χ2n) is 7.24. The maximum atomic E-state index is 12.0. The lowest BCUT2D eigenvalue weighted by Gasteiger charge is -2.31. The quantitative estimate of drug-likeness (QED) is 0.532. The number of likely N-dealkylation sites (tertiary alicyclic amines) is 1. The van der Waals surface area contributed by atoms with E-state index >= 15 is 0 Å². The number of esters is 1. The van der Waals surface area contributed by atoms with Gasteiger partial charge in [-0.2, -0.15) is 0 Å². The Kier molecular flexibility index (Phi) is 7.55. The first kappa shape index (κ1) is 21.2. The summed E-state index contributed by atoms with van der Waals surface area (Å²) in [6, 6.07) is 12.9. The zero-order valence-corrected chi connectivity index (χ0v) is 17.3. The molecule has 2 aromatic rings. The number of carbonyl (C=O) groups is 1. The molecule has 1 aliphatic heterocycles. The average molecular weight is 416 g/mol. The van der Waals surface area contributed by atoms with Crippen LogP contribution in [0.5, 0.6) is 11.5 Å². The third-order valence-corrected chi connectivity index (χ3v) is 5.36. The summed E-state index contributed by atoms with van der Waals surface area (Å²) in [4.78, 5) is 14.4. The number of methoxy groups -OCH3 is 1. The number of nitrogens with zero attached hydrogens (tertiary/aromatic N) is 1. The van der Waals surface area contributed by atoms with Crippen molar-refractivity contribution in [2.45, 2.75) is 19.4 Å². The highest BCUT2D eigenvalue weighted by Crippen LogP contribution is 2.26. The molecule has 0 saturated carbocycles. The first-order valence-electron chi connectivity index (χ1n) is 9.72. The summed E-state index contributed by atoms with van der Waals surface area (Å²) < 4.78 is 10.5. The maximum absolute atomic E-state index is 12.0. The highest BCUT2D eigenvalue weighted by Gasteiger charge is 2.20. The Morgan fingerprint density at radius 1 is 1.21 bits per heavy atom. The molecule has 0 bridgehead atoms. The summed E-state index contributed by atoms with van der Waals surface area (Å²) in [6.45, 7) is 3.35. The normalized spacial score (nSPS) is 15.5. The van der Waals surface area contributed by atoms with Gasteiger partial charge < -0.3 is 14.6 Å². The Bertz CT molecular complexity index is 842. The molecule has 0 atom stereocenters. The molecule has 0 aromatic heterocycles. The van der Waals surface area contributed by atoms with Crippen LogP contribution < -0.4 is 4.74 Å². The van der Waals surface area contributed by atoms with Crippen LogP contribution in [0.1, 0.15) is 24.0 Å². The first-order chi connectivity index (χ1) is 14.0. The van der Waals surface area contributed by atoms with Crippen molar-refractivity contribution in [3.05, 3.63) is 64.7 Å². The molecule has 0 radical (unpaired) electrons. The van der Waals surface area contributed by atoms with Gasteiger partial charge in [-0.3, -0.25) is 4.90 Å². The van der Waals surface area contributed by atoms with Crippen molar-refractivity contribution < 1.29 is 19.4 Å². The van der Waals surface area contributed by atoms with Crippen LogP contribution in [0.15, 0.2) is 48.5 Å². The van der Waals surface area contributed by atoms with Crippen molar-refractivity contribution in [3.8, 4) is 11.5 Å².